The van der Waals surface area contributed by atoms with E-state index in [1.54, 1.807) is 12.1 Å². The van der Waals surface area contributed by atoms with Gasteiger partial charge in [-0.3, -0.25) is 9.59 Å². The molecule has 0 bridgehead atoms. The number of aromatic nitrogens is 3. The van der Waals surface area contributed by atoms with Crippen LogP contribution < -0.4 is 5.32 Å². The van der Waals surface area contributed by atoms with Gasteiger partial charge in [-0.1, -0.05) is 30.3 Å². The molecule has 0 aliphatic rings. The molecule has 158 valence electrons. The number of carbonyl (C=O) groups is 2. The van der Waals surface area contributed by atoms with Crippen molar-refractivity contribution in [3.8, 4) is 11.9 Å². The Morgan fingerprint density at radius 1 is 1.03 bits per heavy atom. The van der Waals surface area contributed by atoms with Gasteiger partial charge in [0.15, 0.2) is 17.4 Å². The van der Waals surface area contributed by atoms with E-state index in [0.717, 1.165) is 22.0 Å². The monoisotopic (exact) mass is 423 g/mol. The normalized spacial score (nSPS) is 10.7. The van der Waals surface area contributed by atoms with Crippen molar-refractivity contribution in [2.75, 3.05) is 5.32 Å². The van der Waals surface area contributed by atoms with Crippen LogP contribution in [0.2, 0.25) is 0 Å². The second-order valence-electron chi connectivity index (χ2n) is 7.56. The van der Waals surface area contributed by atoms with Crippen LogP contribution >= 0.6 is 0 Å². The minimum Gasteiger partial charge on any atom is -0.309 e. The molecule has 2 aromatic carbocycles. The zero-order valence-electron chi connectivity index (χ0n) is 17.8. The highest BCUT2D eigenvalue weighted by atomic mass is 16.2. The summed E-state index contributed by atoms with van der Waals surface area (Å²) in [6.07, 6.45) is 1.44. The second kappa shape index (κ2) is 8.82. The number of nitriles is 1. The predicted octanol–water partition coefficient (Wildman–Crippen LogP) is 4.51. The summed E-state index contributed by atoms with van der Waals surface area (Å²) in [6.45, 7) is 3.93. The Bertz CT molecular complexity index is 1380. The van der Waals surface area contributed by atoms with E-state index in [-0.39, 0.29) is 35.9 Å². The van der Waals surface area contributed by atoms with E-state index in [0.29, 0.717) is 11.4 Å². The summed E-state index contributed by atoms with van der Waals surface area (Å²) < 4.78 is 1.42. The number of hydrogen-bond donors (Lipinski definition) is 1. The van der Waals surface area contributed by atoms with E-state index in [1.165, 1.54) is 10.9 Å². The number of para-hydroxylation sites is 1. The van der Waals surface area contributed by atoms with Crippen molar-refractivity contribution in [2.45, 2.75) is 26.7 Å². The second-order valence-corrected chi connectivity index (χ2v) is 7.56. The number of rotatable bonds is 6. The van der Waals surface area contributed by atoms with Gasteiger partial charge in [-0.2, -0.15) is 15.0 Å². The zero-order chi connectivity index (χ0) is 22.7. The first-order valence-electron chi connectivity index (χ1n) is 10.2. The average molecular weight is 423 g/mol. The van der Waals surface area contributed by atoms with E-state index in [1.807, 2.05) is 62.4 Å². The molecule has 0 saturated heterocycles. The third kappa shape index (κ3) is 4.25. The van der Waals surface area contributed by atoms with Crippen LogP contribution in [-0.4, -0.2) is 26.5 Å². The lowest BCUT2D eigenvalue weighted by Gasteiger charge is -2.10. The zero-order valence-corrected chi connectivity index (χ0v) is 17.8. The number of aryl methyl sites for hydroxylation is 2. The Balaban J connectivity index is 1.51. The first kappa shape index (κ1) is 20.9. The standard InChI is InChI=1S/C25H21N5O2/c1-16-7-8-19(13-17(16)2)22(31)10-12-24(32)29-25-20(14-26)15-27-30(25)23-11-9-18-5-3-4-6-21(18)28-23/h3-9,11,13,15H,10,12H2,1-2H3,(H,29,32). The molecule has 2 heterocycles. The highest BCUT2D eigenvalue weighted by Crippen LogP contribution is 2.21. The number of pyridine rings is 1. The fourth-order valence-electron chi connectivity index (χ4n) is 3.38. The molecule has 7 heteroatoms. The van der Waals surface area contributed by atoms with Gasteiger partial charge in [0.2, 0.25) is 5.91 Å². The van der Waals surface area contributed by atoms with E-state index >= 15 is 0 Å². The number of hydrogen-bond acceptors (Lipinski definition) is 5. The minimum atomic E-state index is -0.374. The molecule has 7 nitrogen and oxygen atoms in total. The Labute approximate surface area is 185 Å². The Kier molecular flexibility index (Phi) is 5.77. The number of Topliss-reactive ketones (excluding diaryl/α,β-unsaturated/α-hetero) is 1. The van der Waals surface area contributed by atoms with Crippen LogP contribution in [-0.2, 0) is 4.79 Å². The molecule has 0 aliphatic heterocycles. The largest absolute Gasteiger partial charge is 0.309 e. The molecular weight excluding hydrogens is 402 g/mol. The molecule has 0 saturated carbocycles. The number of ketones is 1. The number of anilines is 1. The van der Waals surface area contributed by atoms with E-state index in [9.17, 15) is 14.9 Å². The van der Waals surface area contributed by atoms with Crippen molar-refractivity contribution in [3.63, 3.8) is 0 Å². The van der Waals surface area contributed by atoms with Gasteiger partial charge in [-0.25, -0.2) is 4.98 Å². The van der Waals surface area contributed by atoms with Gasteiger partial charge in [0.25, 0.3) is 0 Å². The molecule has 4 aromatic rings. The average Bonchev–Trinajstić information content (AvgIpc) is 3.21. The fraction of sp³-hybridized carbons (Fsp3) is 0.160. The van der Waals surface area contributed by atoms with Crippen molar-refractivity contribution in [2.24, 2.45) is 0 Å². The van der Waals surface area contributed by atoms with Gasteiger partial charge in [-0.05, 0) is 49.2 Å². The molecule has 32 heavy (non-hydrogen) atoms. The Morgan fingerprint density at radius 3 is 2.62 bits per heavy atom. The molecule has 4 rings (SSSR count). The van der Waals surface area contributed by atoms with E-state index in [4.69, 9.17) is 0 Å². The smallest absolute Gasteiger partial charge is 0.226 e. The Hall–Kier alpha value is -4.31. The van der Waals surface area contributed by atoms with Crippen LogP contribution in [0.5, 0.6) is 0 Å². The third-order valence-electron chi connectivity index (χ3n) is 5.36. The molecule has 0 unspecified atom stereocenters. The van der Waals surface area contributed by atoms with Gasteiger partial charge in [0.05, 0.1) is 11.7 Å². The molecule has 2 aromatic heterocycles. The van der Waals surface area contributed by atoms with Crippen LogP contribution in [0.1, 0.15) is 39.9 Å². The molecular formula is C25H21N5O2. The number of fused-ring (bicyclic) bond motifs is 1. The van der Waals surface area contributed by atoms with Crippen LogP contribution in [0, 0.1) is 25.2 Å². The quantitative estimate of drug-likeness (QED) is 0.460. The van der Waals surface area contributed by atoms with Crippen molar-refractivity contribution in [1.29, 1.82) is 5.26 Å². The van der Waals surface area contributed by atoms with Crippen molar-refractivity contribution >= 4 is 28.4 Å². The molecule has 0 spiro atoms. The molecule has 0 aliphatic carbocycles. The summed E-state index contributed by atoms with van der Waals surface area (Å²) in [5, 5.41) is 17.4. The highest BCUT2D eigenvalue weighted by molar-refractivity contribution is 6.00. The maximum atomic E-state index is 12.6. The fourth-order valence-corrected chi connectivity index (χ4v) is 3.38. The van der Waals surface area contributed by atoms with E-state index < -0.39 is 0 Å². The maximum Gasteiger partial charge on any atom is 0.226 e. The van der Waals surface area contributed by atoms with Gasteiger partial charge in [-0.15, -0.1) is 0 Å². The molecule has 1 amide bonds. The molecule has 1 N–H and O–H groups in total. The summed E-state index contributed by atoms with van der Waals surface area (Å²) in [7, 11) is 0. The van der Waals surface area contributed by atoms with Crippen molar-refractivity contribution in [3.05, 3.63) is 83.0 Å². The lowest BCUT2D eigenvalue weighted by molar-refractivity contribution is -0.116. The van der Waals surface area contributed by atoms with Crippen LogP contribution in [0.4, 0.5) is 5.82 Å². The topological polar surface area (TPSA) is 101 Å². The first-order valence-corrected chi connectivity index (χ1v) is 10.2. The third-order valence-corrected chi connectivity index (χ3v) is 5.36. The molecule has 0 fully saturated rings. The molecule has 0 atom stereocenters. The van der Waals surface area contributed by atoms with Gasteiger partial charge < -0.3 is 5.32 Å². The summed E-state index contributed by atoms with van der Waals surface area (Å²) in [4.78, 5) is 29.7. The summed E-state index contributed by atoms with van der Waals surface area (Å²) >= 11 is 0. The molecule has 0 radical (unpaired) electrons. The van der Waals surface area contributed by atoms with Gasteiger partial charge >= 0.3 is 0 Å². The maximum absolute atomic E-state index is 12.6. The van der Waals surface area contributed by atoms with Crippen LogP contribution in [0.25, 0.3) is 16.7 Å². The summed E-state index contributed by atoms with van der Waals surface area (Å²) in [5.41, 5.74) is 3.72. The Morgan fingerprint density at radius 2 is 1.84 bits per heavy atom. The van der Waals surface area contributed by atoms with Gasteiger partial charge in [0.1, 0.15) is 11.6 Å². The van der Waals surface area contributed by atoms with Crippen molar-refractivity contribution < 1.29 is 9.59 Å². The van der Waals surface area contributed by atoms with Crippen LogP contribution in [0.3, 0.4) is 0 Å². The van der Waals surface area contributed by atoms with E-state index in [2.05, 4.69) is 15.4 Å². The van der Waals surface area contributed by atoms with Gasteiger partial charge in [0, 0.05) is 23.8 Å². The van der Waals surface area contributed by atoms with Crippen LogP contribution in [0.15, 0.2) is 60.8 Å². The predicted molar refractivity (Wildman–Crippen MR) is 122 cm³/mol. The van der Waals surface area contributed by atoms with Crippen molar-refractivity contribution in [1.82, 2.24) is 14.8 Å². The number of amides is 1. The minimum absolute atomic E-state index is 0.00699. The highest BCUT2D eigenvalue weighted by Gasteiger charge is 2.17. The number of benzene rings is 2. The number of nitrogens with zero attached hydrogens (tertiary/aromatic N) is 4. The lowest BCUT2D eigenvalue weighted by atomic mass is 10.0. The summed E-state index contributed by atoms with van der Waals surface area (Å²) in [5.74, 6) is 0.236. The summed E-state index contributed by atoms with van der Waals surface area (Å²) in [6, 6.07) is 18.9. The number of nitrogens with one attached hydrogen (secondary N) is 1. The number of carbonyl (C=O) groups excluding carboxylic acids is 2. The first-order chi connectivity index (χ1) is 15.5. The SMILES string of the molecule is Cc1ccc(C(=O)CCC(=O)Nc2c(C#N)cnn2-c2ccc3ccccc3n2)cc1C. The lowest BCUT2D eigenvalue weighted by Crippen LogP contribution is -2.17.